The van der Waals surface area contributed by atoms with Gasteiger partial charge in [-0.15, -0.1) is 0 Å². The summed E-state index contributed by atoms with van der Waals surface area (Å²) < 4.78 is 26.9. The molecular weight excluding hydrogens is 260 g/mol. The minimum atomic E-state index is -3.37. The van der Waals surface area contributed by atoms with Gasteiger partial charge in [-0.25, -0.2) is 8.42 Å². The van der Waals surface area contributed by atoms with Gasteiger partial charge in [0.2, 0.25) is 10.0 Å². The third-order valence-corrected chi connectivity index (χ3v) is 5.72. The molecule has 1 saturated heterocycles. The van der Waals surface area contributed by atoms with Crippen LogP contribution in [0.4, 0.5) is 0 Å². The van der Waals surface area contributed by atoms with Crippen molar-refractivity contribution in [2.75, 3.05) is 6.54 Å². The quantitative estimate of drug-likeness (QED) is 0.918. The lowest BCUT2D eigenvalue weighted by atomic mass is 10.0. The van der Waals surface area contributed by atoms with E-state index in [1.54, 1.807) is 28.6 Å². The largest absolute Gasteiger partial charge is 0.326 e. The fourth-order valence-electron chi connectivity index (χ4n) is 2.66. The molecule has 106 valence electrons. The number of nitrogens with zero attached hydrogens (tertiary/aromatic N) is 1. The van der Waals surface area contributed by atoms with Crippen LogP contribution in [0.2, 0.25) is 0 Å². The van der Waals surface area contributed by atoms with Crippen molar-refractivity contribution in [2.45, 2.75) is 44.2 Å². The molecule has 5 heteroatoms. The Morgan fingerprint density at radius 3 is 2.47 bits per heavy atom. The van der Waals surface area contributed by atoms with Gasteiger partial charge in [0.05, 0.1) is 4.90 Å². The van der Waals surface area contributed by atoms with Gasteiger partial charge in [0.1, 0.15) is 0 Å². The summed E-state index contributed by atoms with van der Waals surface area (Å²) in [5.41, 5.74) is 6.48. The van der Waals surface area contributed by atoms with E-state index in [1.165, 1.54) is 0 Å². The molecule has 19 heavy (non-hydrogen) atoms. The number of rotatable bonds is 4. The second-order valence-corrected chi connectivity index (χ2v) is 7.31. The van der Waals surface area contributed by atoms with Crippen LogP contribution < -0.4 is 5.73 Å². The van der Waals surface area contributed by atoms with Gasteiger partial charge in [-0.2, -0.15) is 4.31 Å². The minimum Gasteiger partial charge on any atom is -0.326 e. The van der Waals surface area contributed by atoms with Gasteiger partial charge in [0.15, 0.2) is 0 Å². The molecule has 1 unspecified atom stereocenters. The van der Waals surface area contributed by atoms with E-state index in [0.717, 1.165) is 18.4 Å². The molecule has 0 bridgehead atoms. The number of benzene rings is 1. The summed E-state index contributed by atoms with van der Waals surface area (Å²) in [5, 5.41) is 0. The number of hydrogen-bond donors (Lipinski definition) is 1. The Balaban J connectivity index is 2.30. The Kier molecular flexibility index (Phi) is 4.28. The van der Waals surface area contributed by atoms with Gasteiger partial charge in [0.25, 0.3) is 0 Å². The Hall–Kier alpha value is -0.910. The van der Waals surface area contributed by atoms with Crippen molar-refractivity contribution in [1.29, 1.82) is 0 Å². The van der Waals surface area contributed by atoms with Gasteiger partial charge in [-0.1, -0.05) is 26.0 Å². The normalized spacial score (nSPS) is 21.2. The highest BCUT2D eigenvalue weighted by Gasteiger charge is 2.36. The van der Waals surface area contributed by atoms with E-state index in [1.807, 2.05) is 0 Å². The first-order valence-corrected chi connectivity index (χ1v) is 8.21. The van der Waals surface area contributed by atoms with Crippen molar-refractivity contribution >= 4 is 10.0 Å². The van der Waals surface area contributed by atoms with Gasteiger partial charge in [0, 0.05) is 19.1 Å². The van der Waals surface area contributed by atoms with Crippen LogP contribution in [0.3, 0.4) is 0 Å². The zero-order valence-electron chi connectivity index (χ0n) is 11.5. The van der Waals surface area contributed by atoms with Crippen LogP contribution in [-0.2, 0) is 16.6 Å². The van der Waals surface area contributed by atoms with Gasteiger partial charge >= 0.3 is 0 Å². The maximum Gasteiger partial charge on any atom is 0.243 e. The van der Waals surface area contributed by atoms with E-state index < -0.39 is 10.0 Å². The third-order valence-electron chi connectivity index (χ3n) is 3.78. The van der Waals surface area contributed by atoms with E-state index in [9.17, 15) is 8.42 Å². The van der Waals surface area contributed by atoms with Crippen molar-refractivity contribution in [3.63, 3.8) is 0 Å². The monoisotopic (exact) mass is 282 g/mol. The first kappa shape index (κ1) is 14.5. The molecule has 1 heterocycles. The first-order chi connectivity index (χ1) is 8.96. The molecule has 4 nitrogen and oxygen atoms in total. The Labute approximate surface area is 115 Å². The van der Waals surface area contributed by atoms with Crippen LogP contribution in [0.25, 0.3) is 0 Å². The van der Waals surface area contributed by atoms with Gasteiger partial charge < -0.3 is 5.73 Å². The van der Waals surface area contributed by atoms with Crippen molar-refractivity contribution in [1.82, 2.24) is 4.31 Å². The van der Waals surface area contributed by atoms with Crippen LogP contribution in [0.15, 0.2) is 29.2 Å². The standard InChI is InChI=1S/C14H22N2O2S/c1-11(2)14-4-3-9-16(14)19(17,18)13-7-5-12(10-15)6-8-13/h5-8,11,14H,3-4,9-10,15H2,1-2H3. The summed E-state index contributed by atoms with van der Waals surface area (Å²) in [6, 6.07) is 7.01. The lowest BCUT2D eigenvalue weighted by molar-refractivity contribution is 0.316. The van der Waals surface area contributed by atoms with Crippen LogP contribution in [0.1, 0.15) is 32.3 Å². The Morgan fingerprint density at radius 2 is 1.95 bits per heavy atom. The van der Waals surface area contributed by atoms with Gasteiger partial charge in [-0.3, -0.25) is 0 Å². The lowest BCUT2D eigenvalue weighted by Gasteiger charge is -2.26. The third kappa shape index (κ3) is 2.83. The van der Waals surface area contributed by atoms with Crippen molar-refractivity contribution in [3.8, 4) is 0 Å². The average molecular weight is 282 g/mol. The summed E-state index contributed by atoms with van der Waals surface area (Å²) in [4.78, 5) is 0.372. The second-order valence-electron chi connectivity index (χ2n) is 5.42. The summed E-state index contributed by atoms with van der Waals surface area (Å²) >= 11 is 0. The van der Waals surface area contributed by atoms with E-state index >= 15 is 0 Å². The Bertz CT molecular complexity index is 523. The predicted molar refractivity (Wildman–Crippen MR) is 76.1 cm³/mol. The highest BCUT2D eigenvalue weighted by molar-refractivity contribution is 7.89. The molecule has 0 amide bonds. The first-order valence-electron chi connectivity index (χ1n) is 6.77. The smallest absolute Gasteiger partial charge is 0.243 e. The van der Waals surface area contributed by atoms with Crippen LogP contribution >= 0.6 is 0 Å². The minimum absolute atomic E-state index is 0.124. The maximum absolute atomic E-state index is 12.6. The highest BCUT2D eigenvalue weighted by Crippen LogP contribution is 2.30. The highest BCUT2D eigenvalue weighted by atomic mass is 32.2. The van der Waals surface area contributed by atoms with Crippen LogP contribution in [-0.4, -0.2) is 25.3 Å². The van der Waals surface area contributed by atoms with Crippen molar-refractivity contribution < 1.29 is 8.42 Å². The summed E-state index contributed by atoms with van der Waals surface area (Å²) in [7, 11) is -3.37. The molecule has 1 aromatic carbocycles. The molecule has 1 aliphatic heterocycles. The van der Waals surface area contributed by atoms with Crippen molar-refractivity contribution in [2.24, 2.45) is 11.7 Å². The zero-order chi connectivity index (χ0) is 14.0. The average Bonchev–Trinajstić information content (AvgIpc) is 2.89. The number of nitrogens with two attached hydrogens (primary N) is 1. The van der Waals surface area contributed by atoms with Gasteiger partial charge in [-0.05, 0) is 36.5 Å². The molecular formula is C14H22N2O2S. The summed E-state index contributed by atoms with van der Waals surface area (Å²) in [6.45, 7) is 5.22. The second kappa shape index (κ2) is 5.61. The molecule has 0 saturated carbocycles. The molecule has 1 aliphatic rings. The Morgan fingerprint density at radius 1 is 1.32 bits per heavy atom. The molecule has 1 aromatic rings. The number of sulfonamides is 1. The zero-order valence-corrected chi connectivity index (χ0v) is 12.4. The van der Waals surface area contributed by atoms with Crippen molar-refractivity contribution in [3.05, 3.63) is 29.8 Å². The molecule has 1 atom stereocenters. The maximum atomic E-state index is 12.6. The topological polar surface area (TPSA) is 63.4 Å². The molecule has 0 spiro atoms. The molecule has 1 fully saturated rings. The molecule has 2 rings (SSSR count). The molecule has 0 radical (unpaired) electrons. The lowest BCUT2D eigenvalue weighted by Crippen LogP contribution is -2.38. The van der Waals surface area contributed by atoms with E-state index in [0.29, 0.717) is 23.9 Å². The van der Waals surface area contributed by atoms with E-state index in [4.69, 9.17) is 5.73 Å². The SMILES string of the molecule is CC(C)C1CCCN1S(=O)(=O)c1ccc(CN)cc1. The van der Waals surface area contributed by atoms with E-state index in [2.05, 4.69) is 13.8 Å². The van der Waals surface area contributed by atoms with Crippen LogP contribution in [0.5, 0.6) is 0 Å². The molecule has 0 aromatic heterocycles. The predicted octanol–water partition coefficient (Wildman–Crippen LogP) is 1.95. The van der Waals surface area contributed by atoms with E-state index in [-0.39, 0.29) is 6.04 Å². The fourth-order valence-corrected chi connectivity index (χ4v) is 4.49. The molecule has 2 N–H and O–H groups in total. The fraction of sp³-hybridized carbons (Fsp3) is 0.571. The summed E-state index contributed by atoms with van der Waals surface area (Å²) in [6.07, 6.45) is 1.90. The van der Waals surface area contributed by atoms with Crippen LogP contribution in [0, 0.1) is 5.92 Å². The molecule has 0 aliphatic carbocycles. The number of hydrogen-bond acceptors (Lipinski definition) is 3. The summed E-state index contributed by atoms with van der Waals surface area (Å²) in [5.74, 6) is 0.348.